The third-order valence-corrected chi connectivity index (χ3v) is 9.93. The van der Waals surface area contributed by atoms with E-state index in [0.717, 1.165) is 16.9 Å². The van der Waals surface area contributed by atoms with Crippen molar-refractivity contribution < 1.29 is 25.6 Å². The first-order chi connectivity index (χ1) is 18.5. The molecule has 3 aromatic carbocycles. The van der Waals surface area contributed by atoms with Crippen molar-refractivity contribution in [3.8, 4) is 11.1 Å². The van der Waals surface area contributed by atoms with Crippen LogP contribution in [0.5, 0.6) is 0 Å². The summed E-state index contributed by atoms with van der Waals surface area (Å²) in [5.41, 5.74) is 2.53. The van der Waals surface area contributed by atoms with Crippen LogP contribution in [0.2, 0.25) is 5.02 Å². The molecule has 202 valence electrons. The number of aromatic nitrogens is 3. The fourth-order valence-electron chi connectivity index (χ4n) is 3.92. The number of thiazole rings is 1. The Morgan fingerprint density at radius 1 is 0.974 bits per heavy atom. The summed E-state index contributed by atoms with van der Waals surface area (Å²) in [6.45, 7) is 0. The largest absolute Gasteiger partial charge is 0.423 e. The Morgan fingerprint density at radius 3 is 2.41 bits per heavy atom. The number of sulfonamides is 1. The van der Waals surface area contributed by atoms with E-state index >= 15 is 0 Å². The zero-order valence-corrected chi connectivity index (χ0v) is 23.2. The number of hydrogen-bond donors (Lipinski definition) is 1. The summed E-state index contributed by atoms with van der Waals surface area (Å²) in [4.78, 5) is 4.57. The fourth-order valence-corrected chi connectivity index (χ4v) is 7.71. The maximum atomic E-state index is 13.7. The maximum absolute atomic E-state index is 13.7. The molecular weight excluding hydrogens is 587 g/mol. The average Bonchev–Trinajstić information content (AvgIpc) is 3.51. The number of nitrogens with two attached hydrogens (primary N) is 1. The highest BCUT2D eigenvalue weighted by molar-refractivity contribution is 7.91. The zero-order valence-electron chi connectivity index (χ0n) is 20.0. The molecule has 2 heterocycles. The van der Waals surface area contributed by atoms with Crippen molar-refractivity contribution in [3.05, 3.63) is 99.9 Å². The highest BCUT2D eigenvalue weighted by atomic mass is 35.5. The number of halogens is 2. The van der Waals surface area contributed by atoms with E-state index in [-0.39, 0.29) is 34.0 Å². The number of sulfone groups is 1. The molecule has 2 aromatic heterocycles. The molecule has 1 atom stereocenters. The Balaban J connectivity index is 1.56. The van der Waals surface area contributed by atoms with Gasteiger partial charge in [-0.2, -0.15) is 0 Å². The van der Waals surface area contributed by atoms with Gasteiger partial charge in [-0.05, 0) is 41.0 Å². The minimum absolute atomic E-state index is 0.0145. The van der Waals surface area contributed by atoms with Gasteiger partial charge in [0.05, 0.1) is 26.7 Å². The normalized spacial score (nSPS) is 13.1. The van der Waals surface area contributed by atoms with E-state index in [2.05, 4.69) is 15.2 Å². The minimum Gasteiger partial charge on any atom is -0.423 e. The zero-order chi connectivity index (χ0) is 27.8. The molecular formula is C25H20ClFN4O5S3. The summed E-state index contributed by atoms with van der Waals surface area (Å²) in [6.07, 6.45) is -0.166. The summed E-state index contributed by atoms with van der Waals surface area (Å²) in [5.74, 6) is -1.57. The molecule has 5 rings (SSSR count). The number of hydrogen-bond acceptors (Lipinski definition) is 9. The van der Waals surface area contributed by atoms with E-state index in [0.29, 0.717) is 21.3 Å². The molecule has 0 saturated carbocycles. The van der Waals surface area contributed by atoms with Gasteiger partial charge in [-0.15, -0.1) is 21.5 Å². The van der Waals surface area contributed by atoms with Gasteiger partial charge >= 0.3 is 0 Å². The summed E-state index contributed by atoms with van der Waals surface area (Å²) < 4.78 is 70.1. The van der Waals surface area contributed by atoms with Gasteiger partial charge in [0.25, 0.3) is 0 Å². The van der Waals surface area contributed by atoms with Crippen molar-refractivity contribution in [1.82, 2.24) is 15.2 Å². The van der Waals surface area contributed by atoms with Crippen molar-refractivity contribution in [2.24, 2.45) is 5.14 Å². The number of primary sulfonamides is 1. The second-order valence-corrected chi connectivity index (χ2v) is 14.0. The van der Waals surface area contributed by atoms with Crippen LogP contribution in [0.15, 0.2) is 71.1 Å². The summed E-state index contributed by atoms with van der Waals surface area (Å²) in [7, 11) is -7.77. The van der Waals surface area contributed by atoms with Gasteiger partial charge in [-0.1, -0.05) is 54.1 Å². The maximum Gasteiger partial charge on any atom is 0.241 e. The summed E-state index contributed by atoms with van der Waals surface area (Å²) in [6, 6.07) is 18.3. The van der Waals surface area contributed by atoms with Crippen LogP contribution in [0.3, 0.4) is 0 Å². The molecule has 0 radical (unpaired) electrons. The lowest BCUT2D eigenvalue weighted by molar-refractivity contribution is 0.453. The predicted octanol–water partition coefficient (Wildman–Crippen LogP) is 4.67. The lowest BCUT2D eigenvalue weighted by Crippen LogP contribution is -2.18. The van der Waals surface area contributed by atoms with Gasteiger partial charge in [0, 0.05) is 6.42 Å². The van der Waals surface area contributed by atoms with Crippen LogP contribution in [0.4, 0.5) is 4.39 Å². The monoisotopic (exact) mass is 606 g/mol. The van der Waals surface area contributed by atoms with Crippen LogP contribution in [0.25, 0.3) is 21.3 Å². The van der Waals surface area contributed by atoms with Crippen LogP contribution in [0.1, 0.15) is 27.6 Å². The smallest absolute Gasteiger partial charge is 0.241 e. The van der Waals surface area contributed by atoms with E-state index in [1.54, 1.807) is 48.5 Å². The molecule has 0 amide bonds. The van der Waals surface area contributed by atoms with Gasteiger partial charge in [0.1, 0.15) is 10.8 Å². The van der Waals surface area contributed by atoms with Crippen LogP contribution in [0, 0.1) is 5.82 Å². The lowest BCUT2D eigenvalue weighted by atomic mass is 10.1. The Kier molecular flexibility index (Phi) is 7.53. The number of rotatable bonds is 9. The molecule has 2 N–H and O–H groups in total. The van der Waals surface area contributed by atoms with E-state index < -0.39 is 36.7 Å². The molecule has 0 aliphatic carbocycles. The Bertz CT molecular complexity index is 1880. The van der Waals surface area contributed by atoms with Gasteiger partial charge < -0.3 is 4.42 Å². The van der Waals surface area contributed by atoms with Crippen LogP contribution < -0.4 is 5.14 Å². The molecule has 0 aliphatic heterocycles. The van der Waals surface area contributed by atoms with Crippen molar-refractivity contribution >= 4 is 53.0 Å². The van der Waals surface area contributed by atoms with Gasteiger partial charge in [-0.25, -0.2) is 31.3 Å². The van der Waals surface area contributed by atoms with Gasteiger partial charge in [0.15, 0.2) is 15.1 Å². The minimum atomic E-state index is -3.98. The average molecular weight is 607 g/mol. The van der Waals surface area contributed by atoms with Crippen LogP contribution in [-0.2, 0) is 32.0 Å². The Hall–Kier alpha value is -3.23. The SMILES string of the molecule is NS(=O)(=O)CCc1nnc(C(c2nc3ccc(-c4ccc(F)c(Cl)c4)cc3s2)S(=O)(=O)Cc2ccccc2)o1. The molecule has 0 spiro atoms. The first-order valence-corrected chi connectivity index (χ1v) is 16.1. The van der Waals surface area contributed by atoms with Crippen molar-refractivity contribution in [2.75, 3.05) is 5.75 Å². The number of aryl methyl sites for hydroxylation is 1. The molecule has 0 fully saturated rings. The van der Waals surface area contributed by atoms with E-state index in [1.165, 1.54) is 12.1 Å². The lowest BCUT2D eigenvalue weighted by Gasteiger charge is -2.12. The van der Waals surface area contributed by atoms with Crippen LogP contribution in [-0.4, -0.2) is 37.8 Å². The fraction of sp³-hybridized carbons (Fsp3) is 0.160. The quantitative estimate of drug-likeness (QED) is 0.255. The van der Waals surface area contributed by atoms with E-state index in [1.807, 2.05) is 6.07 Å². The molecule has 0 bridgehead atoms. The molecule has 39 heavy (non-hydrogen) atoms. The van der Waals surface area contributed by atoms with Gasteiger partial charge in [-0.3, -0.25) is 0 Å². The third kappa shape index (κ3) is 6.34. The Labute approximate surface area is 232 Å². The summed E-state index contributed by atoms with van der Waals surface area (Å²) >= 11 is 7.09. The van der Waals surface area contributed by atoms with E-state index in [9.17, 15) is 21.2 Å². The first-order valence-electron chi connectivity index (χ1n) is 11.4. The molecule has 9 nitrogen and oxygen atoms in total. The number of nitrogens with zero attached hydrogens (tertiary/aromatic N) is 3. The number of fused-ring (bicyclic) bond motifs is 1. The highest BCUT2D eigenvalue weighted by Crippen LogP contribution is 2.38. The van der Waals surface area contributed by atoms with Crippen molar-refractivity contribution in [2.45, 2.75) is 17.4 Å². The topological polar surface area (TPSA) is 146 Å². The Morgan fingerprint density at radius 2 is 1.69 bits per heavy atom. The van der Waals surface area contributed by atoms with Gasteiger partial charge in [0.2, 0.25) is 21.8 Å². The molecule has 5 aromatic rings. The standard InChI is InChI=1S/C25H20ClFN4O5S3/c26-18-12-16(6-8-19(18)27)17-7-9-20-21(13-17)37-25(29-20)23(38(32,33)14-15-4-2-1-3-5-15)24-31-30-22(36-24)10-11-39(28,34)35/h1-9,12-13,23H,10-11,14H2,(H2,28,34,35). The number of benzene rings is 3. The molecule has 0 aliphatic rings. The van der Waals surface area contributed by atoms with Crippen molar-refractivity contribution in [1.29, 1.82) is 0 Å². The van der Waals surface area contributed by atoms with Crippen molar-refractivity contribution in [3.63, 3.8) is 0 Å². The highest BCUT2D eigenvalue weighted by Gasteiger charge is 2.37. The molecule has 14 heteroatoms. The summed E-state index contributed by atoms with van der Waals surface area (Å²) in [5, 5.41) is 11.6. The van der Waals surface area contributed by atoms with Crippen LogP contribution >= 0.6 is 22.9 Å². The predicted molar refractivity (Wildman–Crippen MR) is 147 cm³/mol. The van der Waals surface area contributed by atoms with E-state index in [4.69, 9.17) is 21.2 Å². The third-order valence-electron chi connectivity index (χ3n) is 5.76. The molecule has 1 unspecified atom stereocenters. The first kappa shape index (κ1) is 27.3. The second-order valence-electron chi connectivity index (χ2n) is 8.69. The molecule has 0 saturated heterocycles. The second kappa shape index (κ2) is 10.7.